The van der Waals surface area contributed by atoms with Crippen molar-refractivity contribution in [1.82, 2.24) is 10.6 Å². The first-order valence-electron chi connectivity index (χ1n) is 9.12. The zero-order valence-electron chi connectivity index (χ0n) is 17.3. The van der Waals surface area contributed by atoms with Crippen molar-refractivity contribution in [2.24, 2.45) is 4.99 Å². The fraction of sp³-hybridized carbons (Fsp3) is 0.333. The number of alkyl halides is 2. The standard InChI is InChI=1S/C21H25F2N3O4/c1-13-5-8-17(30-20(22)23)15(9-13)12-26-21(24-2)25-11-14-6-7-16(19(27)29-4)18(10-14)28-3/h5-10,20H,11-12H2,1-4H3,(H2,24,25,26). The Morgan fingerprint density at radius 3 is 2.43 bits per heavy atom. The van der Waals surface area contributed by atoms with E-state index in [-0.39, 0.29) is 12.3 Å². The quantitative estimate of drug-likeness (QED) is 0.387. The number of carbonyl (C=O) groups excluding carboxylic acids is 1. The number of nitrogens with zero attached hydrogens (tertiary/aromatic N) is 1. The topological polar surface area (TPSA) is 81.2 Å². The van der Waals surface area contributed by atoms with E-state index in [9.17, 15) is 13.6 Å². The number of guanidine groups is 1. The minimum atomic E-state index is -2.90. The highest BCUT2D eigenvalue weighted by molar-refractivity contribution is 5.92. The van der Waals surface area contributed by atoms with Gasteiger partial charge in [0.15, 0.2) is 5.96 Å². The largest absolute Gasteiger partial charge is 0.496 e. The molecule has 9 heteroatoms. The number of ether oxygens (including phenoxy) is 3. The molecule has 0 bridgehead atoms. The van der Waals surface area contributed by atoms with Crippen LogP contribution < -0.4 is 20.1 Å². The minimum absolute atomic E-state index is 0.113. The van der Waals surface area contributed by atoms with Crippen LogP contribution in [0.25, 0.3) is 0 Å². The molecule has 0 radical (unpaired) electrons. The molecule has 2 aromatic rings. The molecule has 0 fully saturated rings. The van der Waals surface area contributed by atoms with Crippen molar-refractivity contribution in [3.8, 4) is 11.5 Å². The van der Waals surface area contributed by atoms with Crippen LogP contribution >= 0.6 is 0 Å². The Hall–Kier alpha value is -3.36. The van der Waals surface area contributed by atoms with Crippen molar-refractivity contribution in [2.75, 3.05) is 21.3 Å². The molecule has 0 aliphatic heterocycles. The van der Waals surface area contributed by atoms with Gasteiger partial charge in [-0.15, -0.1) is 0 Å². The highest BCUT2D eigenvalue weighted by atomic mass is 19.3. The van der Waals surface area contributed by atoms with Gasteiger partial charge < -0.3 is 24.8 Å². The molecule has 2 rings (SSSR count). The summed E-state index contributed by atoms with van der Waals surface area (Å²) >= 11 is 0. The summed E-state index contributed by atoms with van der Waals surface area (Å²) in [6.45, 7) is -0.389. The second-order valence-corrected chi connectivity index (χ2v) is 6.30. The van der Waals surface area contributed by atoms with Gasteiger partial charge in [-0.25, -0.2) is 4.79 Å². The van der Waals surface area contributed by atoms with Crippen LogP contribution in [0.4, 0.5) is 8.78 Å². The monoisotopic (exact) mass is 421 g/mol. The van der Waals surface area contributed by atoms with Crippen LogP contribution in [-0.2, 0) is 17.8 Å². The predicted octanol–water partition coefficient (Wildman–Crippen LogP) is 3.26. The fourth-order valence-corrected chi connectivity index (χ4v) is 2.77. The lowest BCUT2D eigenvalue weighted by Crippen LogP contribution is -2.36. The van der Waals surface area contributed by atoms with E-state index in [4.69, 9.17) is 9.47 Å². The van der Waals surface area contributed by atoms with E-state index < -0.39 is 12.6 Å². The maximum absolute atomic E-state index is 12.6. The summed E-state index contributed by atoms with van der Waals surface area (Å²) in [5, 5.41) is 6.20. The first-order chi connectivity index (χ1) is 14.4. The number of carbonyl (C=O) groups is 1. The van der Waals surface area contributed by atoms with Gasteiger partial charge in [-0.05, 0) is 30.7 Å². The van der Waals surface area contributed by atoms with Gasteiger partial charge in [-0.3, -0.25) is 4.99 Å². The van der Waals surface area contributed by atoms with Gasteiger partial charge >= 0.3 is 12.6 Å². The molecular weight excluding hydrogens is 396 g/mol. The van der Waals surface area contributed by atoms with Gasteiger partial charge in [-0.2, -0.15) is 8.78 Å². The van der Waals surface area contributed by atoms with Crippen LogP contribution in [0.15, 0.2) is 41.4 Å². The molecule has 0 aromatic heterocycles. The lowest BCUT2D eigenvalue weighted by molar-refractivity contribution is -0.0504. The zero-order valence-corrected chi connectivity index (χ0v) is 17.3. The second kappa shape index (κ2) is 11.0. The normalized spacial score (nSPS) is 11.2. The lowest BCUT2D eigenvalue weighted by Gasteiger charge is -2.16. The fourth-order valence-electron chi connectivity index (χ4n) is 2.77. The van der Waals surface area contributed by atoms with Crippen molar-refractivity contribution in [2.45, 2.75) is 26.6 Å². The van der Waals surface area contributed by atoms with E-state index >= 15 is 0 Å². The van der Waals surface area contributed by atoms with Gasteiger partial charge in [0, 0.05) is 25.7 Å². The maximum atomic E-state index is 12.6. The van der Waals surface area contributed by atoms with Crippen LogP contribution in [0, 0.1) is 6.92 Å². The lowest BCUT2D eigenvalue weighted by atomic mass is 10.1. The second-order valence-electron chi connectivity index (χ2n) is 6.30. The molecule has 7 nitrogen and oxygen atoms in total. The molecule has 0 unspecified atom stereocenters. The molecule has 30 heavy (non-hydrogen) atoms. The van der Waals surface area contributed by atoms with Crippen LogP contribution in [0.5, 0.6) is 11.5 Å². The van der Waals surface area contributed by atoms with E-state index in [1.54, 1.807) is 37.4 Å². The molecule has 0 atom stereocenters. The van der Waals surface area contributed by atoms with Gasteiger partial charge in [0.2, 0.25) is 0 Å². The summed E-state index contributed by atoms with van der Waals surface area (Å²) in [6, 6.07) is 10.1. The number of benzene rings is 2. The van der Waals surface area contributed by atoms with Gasteiger partial charge in [0.1, 0.15) is 17.1 Å². The van der Waals surface area contributed by atoms with Crippen LogP contribution in [0.1, 0.15) is 27.0 Å². The predicted molar refractivity (Wildman–Crippen MR) is 109 cm³/mol. The first-order valence-corrected chi connectivity index (χ1v) is 9.12. The highest BCUT2D eigenvalue weighted by Gasteiger charge is 2.14. The molecule has 0 saturated carbocycles. The Balaban J connectivity index is 2.02. The summed E-state index contributed by atoms with van der Waals surface area (Å²) in [5.74, 6) is 0.499. The molecule has 0 spiro atoms. The average molecular weight is 421 g/mol. The highest BCUT2D eigenvalue weighted by Crippen LogP contribution is 2.22. The van der Waals surface area contributed by atoms with Gasteiger partial charge in [-0.1, -0.05) is 23.8 Å². The molecule has 0 heterocycles. The molecule has 0 saturated heterocycles. The SMILES string of the molecule is CN=C(NCc1ccc(C(=O)OC)c(OC)c1)NCc1cc(C)ccc1OC(F)F. The van der Waals surface area contributed by atoms with Crippen LogP contribution in [0.3, 0.4) is 0 Å². The number of aliphatic imine (C=N–C) groups is 1. The summed E-state index contributed by atoms with van der Waals surface area (Å²) in [6.07, 6.45) is 0. The number of methoxy groups -OCH3 is 2. The van der Waals surface area contributed by atoms with E-state index in [2.05, 4.69) is 20.4 Å². The summed E-state index contributed by atoms with van der Waals surface area (Å²) in [4.78, 5) is 15.9. The molecule has 2 N–H and O–H groups in total. The van der Waals surface area contributed by atoms with E-state index in [0.29, 0.717) is 29.4 Å². The van der Waals surface area contributed by atoms with Crippen molar-refractivity contribution in [1.29, 1.82) is 0 Å². The third-order valence-electron chi connectivity index (χ3n) is 4.23. The van der Waals surface area contributed by atoms with Crippen molar-refractivity contribution >= 4 is 11.9 Å². The van der Waals surface area contributed by atoms with Crippen LogP contribution in [0.2, 0.25) is 0 Å². The summed E-state index contributed by atoms with van der Waals surface area (Å²) in [7, 11) is 4.38. The van der Waals surface area contributed by atoms with E-state index in [0.717, 1.165) is 11.1 Å². The maximum Gasteiger partial charge on any atom is 0.387 e. The van der Waals surface area contributed by atoms with Crippen LogP contribution in [-0.4, -0.2) is 39.8 Å². The number of halogens is 2. The molecule has 2 aromatic carbocycles. The average Bonchev–Trinajstić information content (AvgIpc) is 2.74. The number of rotatable bonds is 8. The minimum Gasteiger partial charge on any atom is -0.496 e. The Kier molecular flexibility index (Phi) is 8.40. The Bertz CT molecular complexity index is 904. The number of hydrogen-bond donors (Lipinski definition) is 2. The smallest absolute Gasteiger partial charge is 0.387 e. The summed E-state index contributed by atoms with van der Waals surface area (Å²) < 4.78 is 39.8. The van der Waals surface area contributed by atoms with Gasteiger partial charge in [0.05, 0.1) is 14.2 Å². The Labute approximate surface area is 174 Å². The molecule has 162 valence electrons. The van der Waals surface area contributed by atoms with Gasteiger partial charge in [0.25, 0.3) is 0 Å². The first kappa shape index (κ1) is 22.9. The van der Waals surface area contributed by atoms with E-state index in [1.807, 2.05) is 6.92 Å². The van der Waals surface area contributed by atoms with Crippen molar-refractivity contribution < 1.29 is 27.8 Å². The third-order valence-corrected chi connectivity index (χ3v) is 4.23. The van der Waals surface area contributed by atoms with Crippen molar-refractivity contribution in [3.05, 3.63) is 58.7 Å². The number of aryl methyl sites for hydroxylation is 1. The number of hydrogen-bond acceptors (Lipinski definition) is 5. The molecule has 0 amide bonds. The zero-order chi connectivity index (χ0) is 22.1. The molecule has 0 aliphatic rings. The Morgan fingerprint density at radius 1 is 1.07 bits per heavy atom. The van der Waals surface area contributed by atoms with E-state index in [1.165, 1.54) is 20.3 Å². The summed E-state index contributed by atoms with van der Waals surface area (Å²) in [5.41, 5.74) is 2.69. The third kappa shape index (κ3) is 6.33. The molecular formula is C21H25F2N3O4. The molecule has 0 aliphatic carbocycles. The number of esters is 1. The number of nitrogens with one attached hydrogen (secondary N) is 2. The Morgan fingerprint density at radius 2 is 1.80 bits per heavy atom. The van der Waals surface area contributed by atoms with Crippen molar-refractivity contribution in [3.63, 3.8) is 0 Å².